The molecule has 1 aliphatic rings. The van der Waals surface area contributed by atoms with E-state index in [1.165, 1.54) is 12.1 Å². The number of ether oxygens (including phenoxy) is 1. The van der Waals surface area contributed by atoms with Gasteiger partial charge in [-0.2, -0.15) is 0 Å². The molecule has 1 fully saturated rings. The van der Waals surface area contributed by atoms with Gasteiger partial charge in [-0.05, 0) is 50.0 Å². The molecular weight excluding hydrogens is 314 g/mol. The highest BCUT2D eigenvalue weighted by atomic mass is 19.1. The molecule has 0 saturated carbocycles. The molecule has 0 unspecified atom stereocenters. The summed E-state index contributed by atoms with van der Waals surface area (Å²) in [7, 11) is 0. The largest absolute Gasteiger partial charge is 0.490 e. The Labute approximate surface area is 139 Å². The molecule has 1 N–H and O–H groups in total. The van der Waals surface area contributed by atoms with Gasteiger partial charge in [-0.25, -0.2) is 8.78 Å². The van der Waals surface area contributed by atoms with Gasteiger partial charge in [0.1, 0.15) is 5.82 Å². The molecule has 2 aromatic rings. The summed E-state index contributed by atoms with van der Waals surface area (Å²) >= 11 is 0. The first-order valence-electron chi connectivity index (χ1n) is 8.08. The third-order valence-electron chi connectivity index (χ3n) is 4.37. The van der Waals surface area contributed by atoms with Crippen molar-refractivity contribution >= 4 is 0 Å². The van der Waals surface area contributed by atoms with E-state index in [-0.39, 0.29) is 11.3 Å². The van der Waals surface area contributed by atoms with Gasteiger partial charge in [-0.3, -0.25) is 9.69 Å². The maximum atomic E-state index is 13.5. The van der Waals surface area contributed by atoms with Gasteiger partial charge in [0, 0.05) is 24.4 Å². The van der Waals surface area contributed by atoms with Crippen LogP contribution in [-0.2, 0) is 6.54 Å². The van der Waals surface area contributed by atoms with Crippen LogP contribution in [0.4, 0.5) is 8.78 Å². The molecule has 0 radical (unpaired) electrons. The predicted octanol–water partition coefficient (Wildman–Crippen LogP) is 2.94. The van der Waals surface area contributed by atoms with E-state index in [1.807, 2.05) is 12.1 Å². The van der Waals surface area contributed by atoms with Crippen molar-refractivity contribution in [3.05, 3.63) is 64.1 Å². The number of halogens is 2. The van der Waals surface area contributed by atoms with Crippen LogP contribution < -0.4 is 10.3 Å². The minimum absolute atomic E-state index is 0.0465. The topological polar surface area (TPSA) is 45.3 Å². The number of piperidine rings is 1. The predicted molar refractivity (Wildman–Crippen MR) is 86.9 cm³/mol. The van der Waals surface area contributed by atoms with Crippen molar-refractivity contribution in [3.8, 4) is 5.75 Å². The lowest BCUT2D eigenvalue weighted by molar-refractivity contribution is 0.134. The molecule has 1 saturated heterocycles. The molecule has 1 aromatic carbocycles. The highest BCUT2D eigenvalue weighted by Crippen LogP contribution is 2.22. The van der Waals surface area contributed by atoms with Crippen LogP contribution in [0.15, 0.2) is 41.3 Å². The van der Waals surface area contributed by atoms with Crippen molar-refractivity contribution in [2.45, 2.75) is 19.4 Å². The molecule has 1 aromatic heterocycles. The van der Waals surface area contributed by atoms with Crippen LogP contribution in [0.5, 0.6) is 5.75 Å². The zero-order valence-corrected chi connectivity index (χ0v) is 13.3. The van der Waals surface area contributed by atoms with Gasteiger partial charge in [0.2, 0.25) is 0 Å². The maximum absolute atomic E-state index is 13.5. The molecule has 2 heterocycles. The van der Waals surface area contributed by atoms with Gasteiger partial charge < -0.3 is 9.72 Å². The second kappa shape index (κ2) is 7.57. The second-order valence-electron chi connectivity index (χ2n) is 6.13. The smallest absolute Gasteiger partial charge is 0.252 e. The van der Waals surface area contributed by atoms with Crippen molar-refractivity contribution < 1.29 is 13.5 Å². The number of pyridine rings is 1. The highest BCUT2D eigenvalue weighted by Gasteiger charge is 2.21. The quantitative estimate of drug-likeness (QED) is 0.914. The summed E-state index contributed by atoms with van der Waals surface area (Å²) in [6.45, 7) is 2.79. The molecule has 3 rings (SSSR count). The Bertz CT molecular complexity index is 740. The van der Waals surface area contributed by atoms with E-state index in [0.717, 1.165) is 37.6 Å². The lowest BCUT2D eigenvalue weighted by Gasteiger charge is -2.31. The van der Waals surface area contributed by atoms with E-state index in [0.29, 0.717) is 19.1 Å². The molecule has 4 nitrogen and oxygen atoms in total. The van der Waals surface area contributed by atoms with Crippen LogP contribution in [-0.4, -0.2) is 29.6 Å². The average Bonchev–Trinajstić information content (AvgIpc) is 2.57. The molecular formula is C18H20F2N2O2. The fourth-order valence-electron chi connectivity index (χ4n) is 2.93. The minimum Gasteiger partial charge on any atom is -0.490 e. The van der Waals surface area contributed by atoms with Gasteiger partial charge >= 0.3 is 0 Å². The van der Waals surface area contributed by atoms with E-state index in [1.54, 1.807) is 6.20 Å². The molecule has 0 amide bonds. The molecule has 0 bridgehead atoms. The van der Waals surface area contributed by atoms with E-state index >= 15 is 0 Å². The van der Waals surface area contributed by atoms with Crippen molar-refractivity contribution in [1.82, 2.24) is 9.88 Å². The molecule has 0 spiro atoms. The zero-order valence-electron chi connectivity index (χ0n) is 13.3. The van der Waals surface area contributed by atoms with Crippen LogP contribution >= 0.6 is 0 Å². The SMILES string of the molecule is O=c1[nH]cccc1CN1CCC(COc2ccc(F)cc2F)CC1. The third-order valence-corrected chi connectivity index (χ3v) is 4.37. The lowest BCUT2D eigenvalue weighted by Crippen LogP contribution is -2.36. The lowest BCUT2D eigenvalue weighted by atomic mass is 9.97. The first-order valence-corrected chi connectivity index (χ1v) is 8.08. The Balaban J connectivity index is 1.47. The molecule has 0 aliphatic carbocycles. The van der Waals surface area contributed by atoms with Crippen LogP contribution in [0.1, 0.15) is 18.4 Å². The first kappa shape index (κ1) is 16.6. The summed E-state index contributed by atoms with van der Waals surface area (Å²) in [5.41, 5.74) is 0.718. The van der Waals surface area contributed by atoms with Crippen LogP contribution in [0.3, 0.4) is 0 Å². The summed E-state index contributed by atoms with van der Waals surface area (Å²) in [4.78, 5) is 16.6. The summed E-state index contributed by atoms with van der Waals surface area (Å²) in [5, 5.41) is 0. The number of hydrogen-bond donors (Lipinski definition) is 1. The number of nitrogens with zero attached hydrogens (tertiary/aromatic N) is 1. The van der Waals surface area contributed by atoms with Crippen molar-refractivity contribution in [2.75, 3.05) is 19.7 Å². The average molecular weight is 334 g/mol. The highest BCUT2D eigenvalue weighted by molar-refractivity contribution is 5.24. The molecule has 128 valence electrons. The van der Waals surface area contributed by atoms with E-state index in [9.17, 15) is 13.6 Å². The van der Waals surface area contributed by atoms with Gasteiger partial charge in [0.05, 0.1) is 6.61 Å². The Hall–Kier alpha value is -2.21. The number of benzene rings is 1. The summed E-state index contributed by atoms with van der Waals surface area (Å²) in [6.07, 6.45) is 3.48. The number of rotatable bonds is 5. The van der Waals surface area contributed by atoms with E-state index in [4.69, 9.17) is 4.74 Å². The van der Waals surface area contributed by atoms with Crippen LogP contribution in [0.25, 0.3) is 0 Å². The number of hydrogen-bond acceptors (Lipinski definition) is 3. The monoisotopic (exact) mass is 334 g/mol. The van der Waals surface area contributed by atoms with Gasteiger partial charge in [0.25, 0.3) is 5.56 Å². The molecule has 0 atom stereocenters. The second-order valence-corrected chi connectivity index (χ2v) is 6.13. The summed E-state index contributed by atoms with van der Waals surface area (Å²) in [6, 6.07) is 7.01. The Morgan fingerprint density at radius 1 is 1.21 bits per heavy atom. The van der Waals surface area contributed by atoms with Crippen molar-refractivity contribution in [3.63, 3.8) is 0 Å². The minimum atomic E-state index is -0.671. The third kappa shape index (κ3) is 4.20. The fourth-order valence-corrected chi connectivity index (χ4v) is 2.93. The van der Waals surface area contributed by atoms with Crippen LogP contribution in [0, 0.1) is 17.6 Å². The number of likely N-dealkylation sites (tertiary alicyclic amines) is 1. The van der Waals surface area contributed by atoms with Gasteiger partial charge in [-0.15, -0.1) is 0 Å². The van der Waals surface area contributed by atoms with Crippen molar-refractivity contribution in [2.24, 2.45) is 5.92 Å². The normalized spacial score (nSPS) is 16.2. The Morgan fingerprint density at radius 3 is 2.71 bits per heavy atom. The van der Waals surface area contributed by atoms with Gasteiger partial charge in [0.15, 0.2) is 11.6 Å². The van der Waals surface area contributed by atoms with Crippen molar-refractivity contribution in [1.29, 1.82) is 0 Å². The fraction of sp³-hybridized carbons (Fsp3) is 0.389. The summed E-state index contributed by atoms with van der Waals surface area (Å²) < 4.78 is 31.9. The van der Waals surface area contributed by atoms with E-state index in [2.05, 4.69) is 9.88 Å². The standard InChI is InChI=1S/C18H20F2N2O2/c19-15-3-4-17(16(20)10-15)24-12-13-5-8-22(9-6-13)11-14-2-1-7-21-18(14)23/h1-4,7,10,13H,5-6,8-9,11-12H2,(H,21,23). The molecule has 6 heteroatoms. The number of aromatic nitrogens is 1. The molecule has 1 aliphatic heterocycles. The Morgan fingerprint density at radius 2 is 2.00 bits per heavy atom. The number of H-pyrrole nitrogens is 1. The van der Waals surface area contributed by atoms with Gasteiger partial charge in [-0.1, -0.05) is 6.07 Å². The number of nitrogens with one attached hydrogen (secondary N) is 1. The maximum Gasteiger partial charge on any atom is 0.252 e. The first-order chi connectivity index (χ1) is 11.6. The number of aromatic amines is 1. The zero-order chi connectivity index (χ0) is 16.9. The summed E-state index contributed by atoms with van der Waals surface area (Å²) in [5.74, 6) is -0.853. The van der Waals surface area contributed by atoms with E-state index < -0.39 is 11.6 Å². The Kier molecular flexibility index (Phi) is 5.25. The van der Waals surface area contributed by atoms with Crippen LogP contribution in [0.2, 0.25) is 0 Å². The molecule has 24 heavy (non-hydrogen) atoms.